The second kappa shape index (κ2) is 6.87. The average Bonchev–Trinajstić information content (AvgIpc) is 2.42. The van der Waals surface area contributed by atoms with Crippen LogP contribution in [0, 0.1) is 5.82 Å². The zero-order valence-corrected chi connectivity index (χ0v) is 13.4. The third-order valence-corrected chi connectivity index (χ3v) is 4.37. The minimum absolute atomic E-state index is 0.282. The summed E-state index contributed by atoms with van der Waals surface area (Å²) in [7, 11) is 0. The molecule has 0 bridgehead atoms. The summed E-state index contributed by atoms with van der Waals surface area (Å²) in [4.78, 5) is 0. The summed E-state index contributed by atoms with van der Waals surface area (Å²) in [5.74, 6) is 5.23. The van der Waals surface area contributed by atoms with Crippen LogP contribution in [0.2, 0.25) is 10.0 Å². The Kier molecular flexibility index (Phi) is 5.41. The zero-order chi connectivity index (χ0) is 14.7. The molecule has 0 aromatic heterocycles. The minimum atomic E-state index is -0.340. The second-order valence-corrected chi connectivity index (χ2v) is 5.97. The van der Waals surface area contributed by atoms with Crippen LogP contribution in [0.5, 0.6) is 0 Å². The lowest BCUT2D eigenvalue weighted by atomic mass is 9.99. The maximum atomic E-state index is 13.6. The smallest absolute Gasteiger partial charge is 0.137 e. The molecule has 0 heterocycles. The highest BCUT2D eigenvalue weighted by atomic mass is 79.9. The van der Waals surface area contributed by atoms with Crippen molar-refractivity contribution in [2.24, 2.45) is 5.84 Å². The number of rotatable bonds is 4. The number of halogens is 4. The van der Waals surface area contributed by atoms with Crippen LogP contribution >= 0.6 is 39.1 Å². The quantitative estimate of drug-likeness (QED) is 0.601. The van der Waals surface area contributed by atoms with Crippen molar-refractivity contribution in [3.63, 3.8) is 0 Å². The summed E-state index contributed by atoms with van der Waals surface area (Å²) >= 11 is 15.4. The average molecular weight is 378 g/mol. The molecule has 0 aliphatic heterocycles. The van der Waals surface area contributed by atoms with Crippen LogP contribution in [-0.4, -0.2) is 0 Å². The Hall–Kier alpha value is -0.650. The van der Waals surface area contributed by atoms with Crippen LogP contribution in [0.25, 0.3) is 0 Å². The van der Waals surface area contributed by atoms with E-state index >= 15 is 0 Å². The first-order chi connectivity index (χ1) is 9.52. The Morgan fingerprint density at radius 1 is 1.20 bits per heavy atom. The highest BCUT2D eigenvalue weighted by Gasteiger charge is 2.16. The number of nitrogens with one attached hydrogen (secondary N) is 1. The van der Waals surface area contributed by atoms with Crippen LogP contribution in [0.15, 0.2) is 40.9 Å². The molecule has 0 fully saturated rings. The molecule has 1 atom stereocenters. The van der Waals surface area contributed by atoms with Crippen molar-refractivity contribution in [3.8, 4) is 0 Å². The van der Waals surface area contributed by atoms with Gasteiger partial charge in [0.1, 0.15) is 5.82 Å². The fourth-order valence-corrected chi connectivity index (χ4v) is 2.73. The first kappa shape index (κ1) is 15.7. The first-order valence-electron chi connectivity index (χ1n) is 5.87. The molecule has 2 rings (SSSR count). The van der Waals surface area contributed by atoms with E-state index in [0.29, 0.717) is 20.9 Å². The van der Waals surface area contributed by atoms with E-state index in [-0.39, 0.29) is 11.9 Å². The van der Waals surface area contributed by atoms with Crippen LogP contribution in [0.4, 0.5) is 4.39 Å². The third-order valence-electron chi connectivity index (χ3n) is 3.02. The summed E-state index contributed by atoms with van der Waals surface area (Å²) in [5.41, 5.74) is 4.17. The topological polar surface area (TPSA) is 38.0 Å². The van der Waals surface area contributed by atoms with E-state index < -0.39 is 0 Å². The van der Waals surface area contributed by atoms with E-state index in [1.165, 1.54) is 6.07 Å². The molecule has 0 aliphatic rings. The van der Waals surface area contributed by atoms with E-state index in [4.69, 9.17) is 29.0 Å². The Morgan fingerprint density at radius 3 is 2.40 bits per heavy atom. The number of nitrogens with two attached hydrogens (primary N) is 1. The maximum absolute atomic E-state index is 13.6. The van der Waals surface area contributed by atoms with Crippen molar-refractivity contribution < 1.29 is 4.39 Å². The molecule has 0 saturated heterocycles. The van der Waals surface area contributed by atoms with Crippen molar-refractivity contribution in [2.45, 2.75) is 12.5 Å². The van der Waals surface area contributed by atoms with Gasteiger partial charge in [-0.15, -0.1) is 0 Å². The van der Waals surface area contributed by atoms with E-state index in [0.717, 1.165) is 11.1 Å². The fraction of sp³-hybridized carbons (Fsp3) is 0.143. The van der Waals surface area contributed by atoms with Gasteiger partial charge in [0, 0.05) is 10.0 Å². The maximum Gasteiger partial charge on any atom is 0.137 e. The van der Waals surface area contributed by atoms with Crippen LogP contribution in [-0.2, 0) is 6.42 Å². The molecular formula is C14H12BrCl2FN2. The molecule has 106 valence electrons. The van der Waals surface area contributed by atoms with E-state index in [1.54, 1.807) is 30.3 Å². The van der Waals surface area contributed by atoms with Crippen molar-refractivity contribution >= 4 is 39.1 Å². The molecule has 1 unspecified atom stereocenters. The molecule has 0 saturated carbocycles. The van der Waals surface area contributed by atoms with Crippen molar-refractivity contribution in [2.75, 3.05) is 0 Å². The normalized spacial score (nSPS) is 12.4. The Balaban J connectivity index is 2.31. The van der Waals surface area contributed by atoms with Gasteiger partial charge < -0.3 is 0 Å². The van der Waals surface area contributed by atoms with Gasteiger partial charge in [-0.1, -0.05) is 35.3 Å². The molecule has 3 N–H and O–H groups in total. The summed E-state index contributed by atoms with van der Waals surface area (Å²) < 4.78 is 14.0. The lowest BCUT2D eigenvalue weighted by Gasteiger charge is -2.18. The second-order valence-electron chi connectivity index (χ2n) is 4.30. The predicted octanol–water partition coefficient (Wildman–Crippen LogP) is 4.64. The molecule has 0 amide bonds. The van der Waals surface area contributed by atoms with Gasteiger partial charge in [-0.05, 0) is 57.7 Å². The van der Waals surface area contributed by atoms with Gasteiger partial charge in [-0.2, -0.15) is 0 Å². The van der Waals surface area contributed by atoms with Gasteiger partial charge in [0.15, 0.2) is 0 Å². The molecule has 0 spiro atoms. The van der Waals surface area contributed by atoms with Crippen LogP contribution < -0.4 is 11.3 Å². The van der Waals surface area contributed by atoms with Gasteiger partial charge >= 0.3 is 0 Å². The molecule has 2 aromatic carbocycles. The van der Waals surface area contributed by atoms with Gasteiger partial charge in [-0.25, -0.2) is 4.39 Å². The lowest BCUT2D eigenvalue weighted by molar-refractivity contribution is 0.543. The lowest BCUT2D eigenvalue weighted by Crippen LogP contribution is -2.29. The SMILES string of the molecule is NNC(Cc1c(Cl)cccc1Cl)c1ccc(Br)c(F)c1. The molecule has 2 nitrogen and oxygen atoms in total. The third kappa shape index (κ3) is 3.51. The highest BCUT2D eigenvalue weighted by Crippen LogP contribution is 2.30. The molecule has 20 heavy (non-hydrogen) atoms. The summed E-state index contributed by atoms with van der Waals surface area (Å²) in [6.07, 6.45) is 0.468. The van der Waals surface area contributed by atoms with Crippen molar-refractivity contribution in [1.29, 1.82) is 0 Å². The largest absolute Gasteiger partial charge is 0.271 e. The number of hydrogen-bond donors (Lipinski definition) is 2. The van der Waals surface area contributed by atoms with Gasteiger partial charge in [0.2, 0.25) is 0 Å². The summed E-state index contributed by atoms with van der Waals surface area (Å²) in [6, 6.07) is 9.88. The van der Waals surface area contributed by atoms with Crippen LogP contribution in [0.3, 0.4) is 0 Å². The summed E-state index contributed by atoms with van der Waals surface area (Å²) in [5, 5.41) is 1.13. The van der Waals surface area contributed by atoms with Crippen LogP contribution in [0.1, 0.15) is 17.2 Å². The van der Waals surface area contributed by atoms with Gasteiger partial charge in [0.05, 0.1) is 10.5 Å². The molecule has 0 radical (unpaired) electrons. The number of hydrazine groups is 1. The predicted molar refractivity (Wildman–Crippen MR) is 84.3 cm³/mol. The number of benzene rings is 2. The Morgan fingerprint density at radius 2 is 1.85 bits per heavy atom. The molecule has 6 heteroatoms. The molecule has 2 aromatic rings. The Labute approximate surface area is 135 Å². The van der Waals surface area contributed by atoms with Gasteiger partial charge in [0.25, 0.3) is 0 Å². The molecule has 0 aliphatic carbocycles. The van der Waals surface area contributed by atoms with E-state index in [1.807, 2.05) is 0 Å². The number of hydrogen-bond acceptors (Lipinski definition) is 2. The van der Waals surface area contributed by atoms with Crippen molar-refractivity contribution in [3.05, 3.63) is 67.9 Å². The standard InChI is InChI=1S/C14H12BrCl2FN2/c15-10-5-4-8(6-13(10)18)14(20-19)7-9-11(16)2-1-3-12(9)17/h1-6,14,20H,7,19H2. The molecular weight excluding hydrogens is 366 g/mol. The zero-order valence-electron chi connectivity index (χ0n) is 10.3. The Bertz CT molecular complexity index is 602. The van der Waals surface area contributed by atoms with E-state index in [2.05, 4.69) is 21.4 Å². The van der Waals surface area contributed by atoms with E-state index in [9.17, 15) is 4.39 Å². The summed E-state index contributed by atoms with van der Waals surface area (Å²) in [6.45, 7) is 0. The fourth-order valence-electron chi connectivity index (χ4n) is 1.93. The highest BCUT2D eigenvalue weighted by molar-refractivity contribution is 9.10. The van der Waals surface area contributed by atoms with Gasteiger partial charge in [-0.3, -0.25) is 11.3 Å². The monoisotopic (exact) mass is 376 g/mol. The van der Waals surface area contributed by atoms with Crippen molar-refractivity contribution in [1.82, 2.24) is 5.43 Å². The first-order valence-corrected chi connectivity index (χ1v) is 7.41. The minimum Gasteiger partial charge on any atom is -0.271 e.